The summed E-state index contributed by atoms with van der Waals surface area (Å²) in [5.74, 6) is -1.86. The van der Waals surface area contributed by atoms with Gasteiger partial charge in [-0.3, -0.25) is 9.59 Å². The third-order valence-electron chi connectivity index (χ3n) is 5.68. The van der Waals surface area contributed by atoms with Gasteiger partial charge < -0.3 is 4.90 Å². The molecule has 0 aliphatic heterocycles. The van der Waals surface area contributed by atoms with Crippen LogP contribution in [-0.4, -0.2) is 24.4 Å². The number of benzene rings is 1. The molecule has 0 saturated carbocycles. The van der Waals surface area contributed by atoms with Crippen LogP contribution in [0, 0.1) is 0 Å². The molecule has 0 spiro atoms. The minimum Gasteiger partial charge on any atom is -0.302 e. The van der Waals surface area contributed by atoms with E-state index in [0.29, 0.717) is 18.3 Å². The van der Waals surface area contributed by atoms with Gasteiger partial charge in [-0.15, -0.1) is 0 Å². The van der Waals surface area contributed by atoms with E-state index in [4.69, 9.17) is 0 Å². The van der Waals surface area contributed by atoms with Gasteiger partial charge in [-0.1, -0.05) is 84.0 Å². The van der Waals surface area contributed by atoms with Crippen LogP contribution in [0.1, 0.15) is 108 Å². The summed E-state index contributed by atoms with van der Waals surface area (Å²) in [4.78, 5) is 23.6. The second kappa shape index (κ2) is 15.0. The van der Waals surface area contributed by atoms with Crippen LogP contribution in [0.2, 0.25) is 0 Å². The van der Waals surface area contributed by atoms with Crippen LogP contribution in [0.3, 0.4) is 0 Å². The summed E-state index contributed by atoms with van der Waals surface area (Å²) in [5.41, 5.74) is 0.524. The van der Waals surface area contributed by atoms with Gasteiger partial charge in [0.15, 0.2) is 0 Å². The highest BCUT2D eigenvalue weighted by Gasteiger charge is 2.44. The molecule has 1 aromatic rings. The molecular formula is C25H38F3NO2. The maximum atomic E-state index is 13.1. The highest BCUT2D eigenvalue weighted by atomic mass is 19.4. The van der Waals surface area contributed by atoms with Gasteiger partial charge in [-0.2, -0.15) is 13.2 Å². The van der Waals surface area contributed by atoms with Crippen molar-refractivity contribution in [3.63, 3.8) is 0 Å². The lowest BCUT2D eigenvalue weighted by molar-refractivity contribution is -0.171. The normalized spacial score (nSPS) is 12.5. The molecule has 1 rings (SSSR count). The number of amides is 1. The summed E-state index contributed by atoms with van der Waals surface area (Å²) in [7, 11) is 0. The number of halogens is 3. The second-order valence-corrected chi connectivity index (χ2v) is 8.41. The lowest BCUT2D eigenvalue weighted by Crippen LogP contribution is -2.46. The van der Waals surface area contributed by atoms with Crippen molar-refractivity contribution >= 4 is 17.9 Å². The quantitative estimate of drug-likeness (QED) is 0.193. The first-order valence-corrected chi connectivity index (χ1v) is 11.8. The monoisotopic (exact) mass is 441 g/mol. The minimum absolute atomic E-state index is 0.166. The van der Waals surface area contributed by atoms with E-state index in [9.17, 15) is 22.8 Å². The Balaban J connectivity index is 2.38. The third kappa shape index (κ3) is 10.8. The first kappa shape index (κ1) is 27.2. The largest absolute Gasteiger partial charge is 0.471 e. The van der Waals surface area contributed by atoms with E-state index in [2.05, 4.69) is 6.92 Å². The van der Waals surface area contributed by atoms with E-state index < -0.39 is 18.1 Å². The highest BCUT2D eigenvalue weighted by Crippen LogP contribution is 2.27. The number of unbranched alkanes of at least 4 members (excludes halogenated alkanes) is 11. The number of aldehydes is 1. The molecule has 1 amide bonds. The first-order valence-electron chi connectivity index (χ1n) is 11.8. The van der Waals surface area contributed by atoms with Crippen LogP contribution in [0.25, 0.3) is 0 Å². The number of nitrogens with zero attached hydrogens (tertiary/aromatic N) is 1. The maximum absolute atomic E-state index is 13.1. The Labute approximate surface area is 185 Å². The molecule has 3 nitrogen and oxygen atoms in total. The zero-order valence-corrected chi connectivity index (χ0v) is 19.1. The van der Waals surface area contributed by atoms with Gasteiger partial charge in [0, 0.05) is 17.3 Å². The van der Waals surface area contributed by atoms with E-state index >= 15 is 0 Å². The first-order chi connectivity index (χ1) is 14.8. The van der Waals surface area contributed by atoms with Gasteiger partial charge in [0.2, 0.25) is 0 Å². The van der Waals surface area contributed by atoms with Crippen molar-refractivity contribution in [2.75, 3.05) is 4.90 Å². The molecule has 31 heavy (non-hydrogen) atoms. The molecule has 0 aliphatic carbocycles. The Morgan fingerprint density at radius 2 is 1.32 bits per heavy atom. The SMILES string of the molecule is CCCCCCCCCCCCCCC(C)N(C(=O)C(F)(F)F)c1ccc(C=O)cc1. The topological polar surface area (TPSA) is 37.4 Å². The van der Waals surface area contributed by atoms with Crippen molar-refractivity contribution in [1.29, 1.82) is 0 Å². The molecular weight excluding hydrogens is 403 g/mol. The zero-order valence-electron chi connectivity index (χ0n) is 19.1. The van der Waals surface area contributed by atoms with Crippen LogP contribution >= 0.6 is 0 Å². The molecule has 0 saturated heterocycles. The fourth-order valence-corrected chi connectivity index (χ4v) is 3.83. The van der Waals surface area contributed by atoms with Crippen LogP contribution in [0.15, 0.2) is 24.3 Å². The van der Waals surface area contributed by atoms with E-state index in [0.717, 1.165) is 30.6 Å². The third-order valence-corrected chi connectivity index (χ3v) is 5.68. The standard InChI is InChI=1S/C25H38F3NO2/c1-3-4-5-6-7-8-9-10-11-12-13-14-15-21(2)29(24(31)25(26,27)28)23-18-16-22(20-30)17-19-23/h16-21H,3-15H2,1-2H3. The van der Waals surface area contributed by atoms with Crippen molar-refractivity contribution in [2.45, 2.75) is 110 Å². The Hall–Kier alpha value is -1.85. The van der Waals surface area contributed by atoms with E-state index in [1.807, 2.05) is 0 Å². The van der Waals surface area contributed by atoms with Crippen molar-refractivity contribution in [3.05, 3.63) is 29.8 Å². The lowest BCUT2D eigenvalue weighted by atomic mass is 10.0. The zero-order chi connectivity index (χ0) is 23.1. The number of alkyl halides is 3. The van der Waals surface area contributed by atoms with Gasteiger partial charge in [0.1, 0.15) is 6.29 Å². The fraction of sp³-hybridized carbons (Fsp3) is 0.680. The molecule has 1 aromatic carbocycles. The van der Waals surface area contributed by atoms with E-state index in [1.54, 1.807) is 6.92 Å². The summed E-state index contributed by atoms with van der Waals surface area (Å²) in [5, 5.41) is 0. The van der Waals surface area contributed by atoms with Crippen LogP contribution < -0.4 is 4.90 Å². The molecule has 0 aliphatic rings. The van der Waals surface area contributed by atoms with Crippen molar-refractivity contribution < 1.29 is 22.8 Å². The molecule has 0 radical (unpaired) electrons. The molecule has 1 atom stereocenters. The van der Waals surface area contributed by atoms with Gasteiger partial charge >= 0.3 is 12.1 Å². The molecule has 0 N–H and O–H groups in total. The summed E-state index contributed by atoms with van der Waals surface area (Å²) < 4.78 is 39.4. The number of rotatable bonds is 16. The predicted octanol–water partition coefficient (Wildman–Crippen LogP) is 7.87. The Morgan fingerprint density at radius 3 is 1.74 bits per heavy atom. The molecule has 176 valence electrons. The average molecular weight is 442 g/mol. The molecule has 0 heterocycles. The van der Waals surface area contributed by atoms with Crippen LogP contribution in [0.5, 0.6) is 0 Å². The van der Waals surface area contributed by atoms with Gasteiger partial charge in [-0.05, 0) is 37.6 Å². The van der Waals surface area contributed by atoms with Crippen LogP contribution in [-0.2, 0) is 4.79 Å². The van der Waals surface area contributed by atoms with Crippen molar-refractivity contribution in [1.82, 2.24) is 0 Å². The smallest absolute Gasteiger partial charge is 0.302 e. The number of hydrogen-bond donors (Lipinski definition) is 0. The molecule has 0 aromatic heterocycles. The van der Waals surface area contributed by atoms with E-state index in [-0.39, 0.29) is 5.69 Å². The number of anilines is 1. The fourth-order valence-electron chi connectivity index (χ4n) is 3.83. The number of carbonyl (C=O) groups excluding carboxylic acids is 2. The highest BCUT2D eigenvalue weighted by molar-refractivity contribution is 5.98. The maximum Gasteiger partial charge on any atom is 0.471 e. The van der Waals surface area contributed by atoms with Gasteiger partial charge in [-0.25, -0.2) is 0 Å². The van der Waals surface area contributed by atoms with Crippen molar-refractivity contribution in [3.8, 4) is 0 Å². The molecule has 0 fully saturated rings. The summed E-state index contributed by atoms with van der Waals surface area (Å²) in [6.07, 6.45) is 10.5. The van der Waals surface area contributed by atoms with Gasteiger partial charge in [0.05, 0.1) is 0 Å². The summed E-state index contributed by atoms with van der Waals surface area (Å²) in [6, 6.07) is 5.07. The summed E-state index contributed by atoms with van der Waals surface area (Å²) >= 11 is 0. The van der Waals surface area contributed by atoms with Crippen LogP contribution in [0.4, 0.5) is 18.9 Å². The minimum atomic E-state index is -4.94. The van der Waals surface area contributed by atoms with Crippen molar-refractivity contribution in [2.24, 2.45) is 0 Å². The number of hydrogen-bond acceptors (Lipinski definition) is 2. The lowest BCUT2D eigenvalue weighted by Gasteiger charge is -2.30. The molecule has 6 heteroatoms. The summed E-state index contributed by atoms with van der Waals surface area (Å²) in [6.45, 7) is 3.87. The van der Waals surface area contributed by atoms with Gasteiger partial charge in [0.25, 0.3) is 0 Å². The molecule has 1 unspecified atom stereocenters. The Morgan fingerprint density at radius 1 is 0.871 bits per heavy atom. The average Bonchev–Trinajstić information content (AvgIpc) is 2.74. The predicted molar refractivity (Wildman–Crippen MR) is 121 cm³/mol. The molecule has 0 bridgehead atoms. The Bertz CT molecular complexity index is 629. The number of carbonyl (C=O) groups is 2. The Kier molecular flexibility index (Phi) is 13.2. The second-order valence-electron chi connectivity index (χ2n) is 8.41. The van der Waals surface area contributed by atoms with E-state index in [1.165, 1.54) is 75.6 Å².